The first-order valence-corrected chi connectivity index (χ1v) is 13.8. The van der Waals surface area contributed by atoms with Crippen LogP contribution in [-0.4, -0.2) is 71.1 Å². The number of carbonyl (C=O) groups excluding carboxylic acids is 2. The van der Waals surface area contributed by atoms with Gasteiger partial charge in [0.05, 0.1) is 19.4 Å². The molecule has 2 fully saturated rings. The highest BCUT2D eigenvalue weighted by Crippen LogP contribution is 2.47. The fourth-order valence-electron chi connectivity index (χ4n) is 4.63. The molecule has 0 bridgehead atoms. The molecule has 1 aliphatic heterocycles. The largest absolute Gasteiger partial charge is 0.475 e. The highest BCUT2D eigenvalue weighted by atomic mass is 19.1. The fourth-order valence-corrected chi connectivity index (χ4v) is 4.63. The van der Waals surface area contributed by atoms with Gasteiger partial charge in [0.15, 0.2) is 28.5 Å². The van der Waals surface area contributed by atoms with Crippen LogP contribution >= 0.6 is 0 Å². The Morgan fingerprint density at radius 2 is 1.65 bits per heavy atom. The van der Waals surface area contributed by atoms with Crippen molar-refractivity contribution in [3.05, 3.63) is 72.6 Å². The van der Waals surface area contributed by atoms with Crippen LogP contribution in [0.3, 0.4) is 0 Å². The molecule has 1 saturated heterocycles. The first-order valence-electron chi connectivity index (χ1n) is 13.8. The first kappa shape index (κ1) is 28.4. The van der Waals surface area contributed by atoms with Crippen molar-refractivity contribution in [2.45, 2.75) is 12.8 Å². The molecule has 3 heterocycles. The molecule has 1 aliphatic carbocycles. The van der Waals surface area contributed by atoms with Crippen molar-refractivity contribution in [3.8, 4) is 17.4 Å². The van der Waals surface area contributed by atoms with Gasteiger partial charge in [0, 0.05) is 49.3 Å². The number of pyridine rings is 1. The van der Waals surface area contributed by atoms with Gasteiger partial charge >= 0.3 is 0 Å². The van der Waals surface area contributed by atoms with Crippen LogP contribution in [0.15, 0.2) is 60.9 Å². The zero-order valence-corrected chi connectivity index (χ0v) is 23.0. The molecule has 2 aromatic heterocycles. The minimum Gasteiger partial charge on any atom is -0.475 e. The van der Waals surface area contributed by atoms with Crippen molar-refractivity contribution in [2.24, 2.45) is 5.41 Å². The summed E-state index contributed by atoms with van der Waals surface area (Å²) in [5, 5.41) is 5.26. The van der Waals surface area contributed by atoms with Crippen molar-refractivity contribution in [1.29, 1.82) is 0 Å². The summed E-state index contributed by atoms with van der Waals surface area (Å²) in [6.07, 6.45) is 3.63. The summed E-state index contributed by atoms with van der Waals surface area (Å²) < 4.78 is 45.3. The Morgan fingerprint density at radius 1 is 0.930 bits per heavy atom. The Hall–Kier alpha value is -4.75. The van der Waals surface area contributed by atoms with Gasteiger partial charge in [-0.3, -0.25) is 14.5 Å². The molecule has 1 saturated carbocycles. The normalized spacial score (nSPS) is 16.0. The molecule has 0 spiro atoms. The number of rotatable bonds is 10. The number of benzene rings is 2. The van der Waals surface area contributed by atoms with Crippen molar-refractivity contribution >= 4 is 34.4 Å². The van der Waals surface area contributed by atoms with Gasteiger partial charge in [0.25, 0.3) is 0 Å². The number of halogens is 2. The molecule has 2 aromatic carbocycles. The second-order valence-electron chi connectivity index (χ2n) is 10.2. The van der Waals surface area contributed by atoms with Gasteiger partial charge in [0.2, 0.25) is 17.7 Å². The van der Waals surface area contributed by atoms with E-state index in [1.54, 1.807) is 6.07 Å². The summed E-state index contributed by atoms with van der Waals surface area (Å²) in [5.41, 5.74) is -0.151. The Morgan fingerprint density at radius 3 is 2.37 bits per heavy atom. The number of nitrogens with one attached hydrogen (secondary N) is 2. The first-order chi connectivity index (χ1) is 20.9. The summed E-state index contributed by atoms with van der Waals surface area (Å²) in [7, 11) is 0. The minimum absolute atomic E-state index is 0.110. The van der Waals surface area contributed by atoms with Crippen LogP contribution in [-0.2, 0) is 14.3 Å². The zero-order valence-electron chi connectivity index (χ0n) is 23.0. The van der Waals surface area contributed by atoms with E-state index in [-0.39, 0.29) is 23.1 Å². The standard InChI is InChI=1S/C30H28F2N6O5/c31-19-1-3-20(4-2-19)35-28(39)30(8-9-30)29(40)36-21-5-6-23(22(32)17-21)43-24-7-10-33-27-26(24)37-25(18-34-27)42-16-13-38-11-14-41-15-12-38/h1-7,10,17-18H,8-9,11-16H2,(H,35,39)(H,36,40). The number of hydrogen-bond donors (Lipinski definition) is 2. The molecule has 0 unspecified atom stereocenters. The van der Waals surface area contributed by atoms with E-state index >= 15 is 4.39 Å². The lowest BCUT2D eigenvalue weighted by atomic mass is 10.0. The molecule has 0 radical (unpaired) electrons. The fraction of sp³-hybridized carbons (Fsp3) is 0.300. The second kappa shape index (κ2) is 12.2. The average molecular weight is 591 g/mol. The molecule has 43 heavy (non-hydrogen) atoms. The summed E-state index contributed by atoms with van der Waals surface area (Å²) in [6.45, 7) is 4.21. The summed E-state index contributed by atoms with van der Waals surface area (Å²) in [4.78, 5) is 41.0. The topological polar surface area (TPSA) is 128 Å². The van der Waals surface area contributed by atoms with E-state index in [0.29, 0.717) is 56.1 Å². The Bertz CT molecular complexity index is 1640. The van der Waals surface area contributed by atoms with E-state index in [1.165, 1.54) is 48.8 Å². The second-order valence-corrected chi connectivity index (χ2v) is 10.2. The molecule has 4 aromatic rings. The third-order valence-corrected chi connectivity index (χ3v) is 7.28. The Kier molecular flexibility index (Phi) is 8.07. The highest BCUT2D eigenvalue weighted by Gasteiger charge is 2.56. The maximum Gasteiger partial charge on any atom is 0.240 e. The molecule has 222 valence electrons. The van der Waals surface area contributed by atoms with Gasteiger partial charge in [-0.05, 0) is 49.2 Å². The summed E-state index contributed by atoms with van der Waals surface area (Å²) in [6, 6.07) is 10.7. The van der Waals surface area contributed by atoms with Crippen molar-refractivity contribution in [3.63, 3.8) is 0 Å². The number of fused-ring (bicyclic) bond motifs is 1. The van der Waals surface area contributed by atoms with Crippen LogP contribution in [0.4, 0.5) is 20.2 Å². The highest BCUT2D eigenvalue weighted by molar-refractivity contribution is 6.16. The van der Waals surface area contributed by atoms with Crippen LogP contribution in [0.25, 0.3) is 11.2 Å². The van der Waals surface area contributed by atoms with Gasteiger partial charge in [-0.25, -0.2) is 23.7 Å². The van der Waals surface area contributed by atoms with E-state index < -0.39 is 28.9 Å². The predicted molar refractivity (Wildman–Crippen MR) is 152 cm³/mol. The number of morpholine rings is 1. The Balaban J connectivity index is 1.10. The molecule has 2 aliphatic rings. The number of anilines is 2. The predicted octanol–water partition coefficient (Wildman–Crippen LogP) is 4.16. The number of carbonyl (C=O) groups is 2. The van der Waals surface area contributed by atoms with E-state index in [4.69, 9.17) is 14.2 Å². The SMILES string of the molecule is O=C(Nc1ccc(F)cc1)C1(C(=O)Nc2ccc(Oc3ccnc4ncc(OCCN5CCOCC5)nc34)c(F)c2)CC1. The van der Waals surface area contributed by atoms with E-state index in [0.717, 1.165) is 19.2 Å². The quantitative estimate of drug-likeness (QED) is 0.262. The van der Waals surface area contributed by atoms with Crippen LogP contribution < -0.4 is 20.1 Å². The molecule has 2 N–H and O–H groups in total. The Labute approximate surface area is 245 Å². The maximum atomic E-state index is 15.1. The molecular weight excluding hydrogens is 562 g/mol. The lowest BCUT2D eigenvalue weighted by molar-refractivity contribution is -0.131. The van der Waals surface area contributed by atoms with Gasteiger partial charge in [0.1, 0.15) is 17.8 Å². The van der Waals surface area contributed by atoms with Crippen molar-refractivity contribution < 1.29 is 32.6 Å². The lowest BCUT2D eigenvalue weighted by Crippen LogP contribution is -2.38. The van der Waals surface area contributed by atoms with Crippen molar-refractivity contribution in [1.82, 2.24) is 19.9 Å². The van der Waals surface area contributed by atoms with E-state index in [2.05, 4.69) is 30.5 Å². The molecular formula is C30H28F2N6O5. The number of ether oxygens (including phenoxy) is 3. The van der Waals surface area contributed by atoms with Crippen LogP contribution in [0.5, 0.6) is 17.4 Å². The average Bonchev–Trinajstić information content (AvgIpc) is 3.83. The third-order valence-electron chi connectivity index (χ3n) is 7.28. The molecule has 2 amide bonds. The molecule has 13 heteroatoms. The number of hydrogen-bond acceptors (Lipinski definition) is 9. The number of nitrogens with zero attached hydrogens (tertiary/aromatic N) is 4. The van der Waals surface area contributed by atoms with Crippen LogP contribution in [0, 0.1) is 17.0 Å². The molecule has 6 rings (SSSR count). The van der Waals surface area contributed by atoms with E-state index in [1.807, 2.05) is 0 Å². The minimum atomic E-state index is -1.28. The maximum absolute atomic E-state index is 15.1. The van der Waals surface area contributed by atoms with E-state index in [9.17, 15) is 14.0 Å². The lowest BCUT2D eigenvalue weighted by Gasteiger charge is -2.26. The smallest absolute Gasteiger partial charge is 0.240 e. The molecule has 11 nitrogen and oxygen atoms in total. The number of aromatic nitrogens is 3. The summed E-state index contributed by atoms with van der Waals surface area (Å²) in [5.74, 6) is -1.85. The van der Waals surface area contributed by atoms with Gasteiger partial charge in [-0.2, -0.15) is 0 Å². The van der Waals surface area contributed by atoms with Gasteiger partial charge < -0.3 is 24.8 Å². The monoisotopic (exact) mass is 590 g/mol. The van der Waals surface area contributed by atoms with Crippen LogP contribution in [0.2, 0.25) is 0 Å². The van der Waals surface area contributed by atoms with Crippen molar-refractivity contribution in [2.75, 3.05) is 50.1 Å². The van der Waals surface area contributed by atoms with Gasteiger partial charge in [-0.15, -0.1) is 0 Å². The van der Waals surface area contributed by atoms with Crippen LogP contribution in [0.1, 0.15) is 12.8 Å². The third kappa shape index (κ3) is 6.52. The van der Waals surface area contributed by atoms with Gasteiger partial charge in [-0.1, -0.05) is 0 Å². The summed E-state index contributed by atoms with van der Waals surface area (Å²) >= 11 is 0. The molecule has 0 atom stereocenters. The zero-order chi connectivity index (χ0) is 29.8. The number of amides is 2.